The third-order valence-corrected chi connectivity index (χ3v) is 5.19. The zero-order chi connectivity index (χ0) is 20.2. The van der Waals surface area contributed by atoms with Crippen molar-refractivity contribution in [3.8, 4) is 11.3 Å². The van der Waals surface area contributed by atoms with Gasteiger partial charge in [0.25, 0.3) is 5.91 Å². The minimum Gasteiger partial charge on any atom is -0.378 e. The Kier molecular flexibility index (Phi) is 5.79. The van der Waals surface area contributed by atoms with Crippen LogP contribution < -0.4 is 10.2 Å². The van der Waals surface area contributed by atoms with Gasteiger partial charge in [-0.2, -0.15) is 0 Å². The molecule has 3 aromatic rings. The Bertz CT molecular complexity index is 1020. The minimum absolute atomic E-state index is 0.202. The number of benzene rings is 2. The molecule has 0 bridgehead atoms. The fourth-order valence-electron chi connectivity index (χ4n) is 3.45. The number of hydrogen-bond acceptors (Lipinski definition) is 4. The number of anilines is 2. The number of rotatable bonds is 4. The fourth-order valence-corrected chi connectivity index (χ4v) is 3.62. The summed E-state index contributed by atoms with van der Waals surface area (Å²) in [7, 11) is 0. The van der Waals surface area contributed by atoms with Crippen LogP contribution in [0.5, 0.6) is 0 Å². The first-order chi connectivity index (χ1) is 14.1. The summed E-state index contributed by atoms with van der Waals surface area (Å²) in [5, 5.41) is 3.59. The molecule has 4 rings (SSSR count). The molecule has 29 heavy (non-hydrogen) atoms. The van der Waals surface area contributed by atoms with Crippen LogP contribution in [0.3, 0.4) is 0 Å². The predicted molar refractivity (Wildman–Crippen MR) is 117 cm³/mol. The van der Waals surface area contributed by atoms with Crippen LogP contribution in [-0.4, -0.2) is 37.2 Å². The highest BCUT2D eigenvalue weighted by atomic mass is 35.5. The van der Waals surface area contributed by atoms with Crippen LogP contribution in [0, 0.1) is 6.92 Å². The summed E-state index contributed by atoms with van der Waals surface area (Å²) in [6.07, 6.45) is 0. The van der Waals surface area contributed by atoms with E-state index in [1.54, 1.807) is 6.07 Å². The highest BCUT2D eigenvalue weighted by molar-refractivity contribution is 6.31. The van der Waals surface area contributed by atoms with E-state index in [4.69, 9.17) is 16.3 Å². The van der Waals surface area contributed by atoms with Crippen molar-refractivity contribution in [3.63, 3.8) is 0 Å². The minimum atomic E-state index is -0.202. The smallest absolute Gasteiger partial charge is 0.257 e. The Morgan fingerprint density at radius 3 is 2.55 bits per heavy atom. The van der Waals surface area contributed by atoms with E-state index in [0.717, 1.165) is 30.0 Å². The molecule has 5 nitrogen and oxygen atoms in total. The molecule has 2 aromatic carbocycles. The van der Waals surface area contributed by atoms with E-state index in [9.17, 15) is 4.79 Å². The van der Waals surface area contributed by atoms with Crippen molar-refractivity contribution >= 4 is 28.9 Å². The van der Waals surface area contributed by atoms with Crippen molar-refractivity contribution in [1.29, 1.82) is 0 Å². The normalized spacial score (nSPS) is 13.9. The van der Waals surface area contributed by atoms with Gasteiger partial charge in [0.1, 0.15) is 0 Å². The monoisotopic (exact) mass is 407 g/mol. The maximum absolute atomic E-state index is 13.0. The first kappa shape index (κ1) is 19.4. The highest BCUT2D eigenvalue weighted by Crippen LogP contribution is 2.30. The topological polar surface area (TPSA) is 54.5 Å². The van der Waals surface area contributed by atoms with E-state index in [-0.39, 0.29) is 5.91 Å². The predicted octanol–water partition coefficient (Wildman–Crippen LogP) is 4.80. The lowest BCUT2D eigenvalue weighted by Crippen LogP contribution is -2.36. The molecular weight excluding hydrogens is 386 g/mol. The SMILES string of the molecule is Cc1nc(-c2ccccc2)ccc1C(=O)Nc1cc(Cl)ccc1N1CCOCC1. The zero-order valence-corrected chi connectivity index (χ0v) is 16.9. The number of nitrogens with zero attached hydrogens (tertiary/aromatic N) is 2. The zero-order valence-electron chi connectivity index (χ0n) is 16.2. The van der Waals surface area contributed by atoms with Crippen LogP contribution in [0.1, 0.15) is 16.1 Å². The number of carbonyl (C=O) groups excluding carboxylic acids is 1. The summed E-state index contributed by atoms with van der Waals surface area (Å²) in [5.74, 6) is -0.202. The Morgan fingerprint density at radius 1 is 1.07 bits per heavy atom. The molecule has 1 aliphatic rings. The number of aromatic nitrogens is 1. The molecule has 1 aromatic heterocycles. The highest BCUT2D eigenvalue weighted by Gasteiger charge is 2.18. The second-order valence-electron chi connectivity index (χ2n) is 6.91. The van der Waals surface area contributed by atoms with Gasteiger partial charge in [-0.05, 0) is 37.3 Å². The molecule has 0 radical (unpaired) electrons. The second-order valence-corrected chi connectivity index (χ2v) is 7.35. The number of carbonyl (C=O) groups is 1. The van der Waals surface area contributed by atoms with Crippen LogP contribution >= 0.6 is 11.6 Å². The molecule has 1 aliphatic heterocycles. The van der Waals surface area contributed by atoms with Gasteiger partial charge in [-0.1, -0.05) is 41.9 Å². The summed E-state index contributed by atoms with van der Waals surface area (Å²) in [5.41, 5.74) is 4.72. The Labute approximate surface area is 175 Å². The summed E-state index contributed by atoms with van der Waals surface area (Å²) in [4.78, 5) is 19.8. The molecule has 0 aliphatic carbocycles. The van der Waals surface area contributed by atoms with E-state index in [1.807, 2.05) is 61.5 Å². The van der Waals surface area contributed by atoms with Crippen molar-refractivity contribution in [2.75, 3.05) is 36.5 Å². The van der Waals surface area contributed by atoms with E-state index in [0.29, 0.717) is 35.2 Å². The second kappa shape index (κ2) is 8.64. The van der Waals surface area contributed by atoms with Crippen LogP contribution in [0.25, 0.3) is 11.3 Å². The number of hydrogen-bond donors (Lipinski definition) is 1. The molecule has 2 heterocycles. The molecule has 1 saturated heterocycles. The quantitative estimate of drug-likeness (QED) is 0.675. The van der Waals surface area contributed by atoms with Gasteiger partial charge in [-0.25, -0.2) is 0 Å². The molecule has 0 unspecified atom stereocenters. The fraction of sp³-hybridized carbons (Fsp3) is 0.217. The Morgan fingerprint density at radius 2 is 1.83 bits per heavy atom. The molecule has 148 valence electrons. The molecule has 6 heteroatoms. The number of pyridine rings is 1. The standard InChI is InChI=1S/C23H22ClN3O2/c1-16-19(8-9-20(25-16)17-5-3-2-4-6-17)23(28)26-21-15-18(24)7-10-22(21)27-11-13-29-14-12-27/h2-10,15H,11-14H2,1H3,(H,26,28). The largest absolute Gasteiger partial charge is 0.378 e. The molecule has 0 saturated carbocycles. The molecule has 1 fully saturated rings. The lowest BCUT2D eigenvalue weighted by Gasteiger charge is -2.30. The molecule has 0 spiro atoms. The van der Waals surface area contributed by atoms with Crippen LogP contribution in [0.15, 0.2) is 60.7 Å². The lowest BCUT2D eigenvalue weighted by molar-refractivity contribution is 0.102. The summed E-state index contributed by atoms with van der Waals surface area (Å²) >= 11 is 6.20. The molecule has 1 amide bonds. The summed E-state index contributed by atoms with van der Waals surface area (Å²) in [6.45, 7) is 4.73. The lowest BCUT2D eigenvalue weighted by atomic mass is 10.1. The van der Waals surface area contributed by atoms with Crippen molar-refractivity contribution in [2.24, 2.45) is 0 Å². The van der Waals surface area contributed by atoms with E-state index in [2.05, 4.69) is 15.2 Å². The van der Waals surface area contributed by atoms with Gasteiger partial charge in [0.15, 0.2) is 0 Å². The average Bonchev–Trinajstić information content (AvgIpc) is 2.75. The average molecular weight is 408 g/mol. The van der Waals surface area contributed by atoms with Gasteiger partial charge >= 0.3 is 0 Å². The summed E-state index contributed by atoms with van der Waals surface area (Å²) in [6, 6.07) is 19.2. The van der Waals surface area contributed by atoms with E-state index < -0.39 is 0 Å². The number of amides is 1. The van der Waals surface area contributed by atoms with Crippen molar-refractivity contribution in [1.82, 2.24) is 4.98 Å². The molecular formula is C23H22ClN3O2. The number of nitrogens with one attached hydrogen (secondary N) is 1. The number of morpholine rings is 1. The van der Waals surface area contributed by atoms with Crippen LogP contribution in [0.4, 0.5) is 11.4 Å². The van der Waals surface area contributed by atoms with Gasteiger partial charge in [0, 0.05) is 23.7 Å². The third kappa shape index (κ3) is 4.42. The van der Waals surface area contributed by atoms with Crippen molar-refractivity contribution < 1.29 is 9.53 Å². The van der Waals surface area contributed by atoms with Gasteiger partial charge in [-0.3, -0.25) is 9.78 Å². The van der Waals surface area contributed by atoms with Crippen molar-refractivity contribution in [2.45, 2.75) is 6.92 Å². The maximum Gasteiger partial charge on any atom is 0.257 e. The number of ether oxygens (including phenoxy) is 1. The van der Waals surface area contributed by atoms with E-state index in [1.165, 1.54) is 0 Å². The van der Waals surface area contributed by atoms with E-state index >= 15 is 0 Å². The van der Waals surface area contributed by atoms with Crippen LogP contribution in [0.2, 0.25) is 5.02 Å². The van der Waals surface area contributed by atoms with Crippen LogP contribution in [-0.2, 0) is 4.74 Å². The van der Waals surface area contributed by atoms with Gasteiger partial charge < -0.3 is 15.0 Å². The maximum atomic E-state index is 13.0. The Hall–Kier alpha value is -2.89. The molecule has 1 N–H and O–H groups in total. The van der Waals surface area contributed by atoms with Gasteiger partial charge in [-0.15, -0.1) is 0 Å². The Balaban J connectivity index is 1.59. The van der Waals surface area contributed by atoms with Crippen molar-refractivity contribution in [3.05, 3.63) is 76.9 Å². The first-order valence-electron chi connectivity index (χ1n) is 9.58. The molecule has 0 atom stereocenters. The number of halogens is 1. The third-order valence-electron chi connectivity index (χ3n) is 4.96. The van der Waals surface area contributed by atoms with Gasteiger partial charge in [0.05, 0.1) is 41.5 Å². The first-order valence-corrected chi connectivity index (χ1v) is 9.96. The van der Waals surface area contributed by atoms with Gasteiger partial charge in [0.2, 0.25) is 0 Å². The summed E-state index contributed by atoms with van der Waals surface area (Å²) < 4.78 is 5.44. The number of aryl methyl sites for hydroxylation is 1.